The van der Waals surface area contributed by atoms with Crippen molar-refractivity contribution in [2.45, 2.75) is 20.3 Å². The molecule has 2 N–H and O–H groups in total. The largest absolute Gasteiger partial charge is 0.494 e. The number of nitrogens with zero attached hydrogens (tertiary/aromatic N) is 1. The molecule has 8 nitrogen and oxygen atoms in total. The number of benzene rings is 2. The third-order valence-electron chi connectivity index (χ3n) is 4.55. The van der Waals surface area contributed by atoms with Crippen molar-refractivity contribution in [3.8, 4) is 11.5 Å². The van der Waals surface area contributed by atoms with Gasteiger partial charge >= 0.3 is 0 Å². The number of ether oxygens (including phenoxy) is 2. The Morgan fingerprint density at radius 3 is 2.07 bits per heavy atom. The number of amides is 2. The molecule has 0 unspecified atom stereocenters. The standard InChI is InChI=1S/C22H23N3O5/c1-5-15-20(13(2)30-25-15)22(27)24-17-12-18(28-3)16(11-19(17)29-4)23-21(26)14-9-7-6-8-10-14/h6-12H,5H2,1-4H3,(H,23,26)(H,24,27). The van der Waals surface area contributed by atoms with Gasteiger partial charge in [0.2, 0.25) is 0 Å². The van der Waals surface area contributed by atoms with Crippen molar-refractivity contribution in [1.82, 2.24) is 5.16 Å². The molecule has 1 heterocycles. The maximum Gasteiger partial charge on any atom is 0.261 e. The van der Waals surface area contributed by atoms with Gasteiger partial charge in [-0.2, -0.15) is 0 Å². The fraction of sp³-hybridized carbons (Fsp3) is 0.227. The van der Waals surface area contributed by atoms with Gasteiger partial charge in [0, 0.05) is 17.7 Å². The summed E-state index contributed by atoms with van der Waals surface area (Å²) in [5.74, 6) is 0.502. The highest BCUT2D eigenvalue weighted by Gasteiger charge is 2.22. The average molecular weight is 409 g/mol. The van der Waals surface area contributed by atoms with E-state index in [1.54, 1.807) is 43.3 Å². The summed E-state index contributed by atoms with van der Waals surface area (Å²) in [6.45, 7) is 3.57. The summed E-state index contributed by atoms with van der Waals surface area (Å²) in [5, 5.41) is 9.53. The first kappa shape index (κ1) is 20.9. The smallest absolute Gasteiger partial charge is 0.261 e. The quantitative estimate of drug-likeness (QED) is 0.610. The highest BCUT2D eigenvalue weighted by Crippen LogP contribution is 2.37. The Hall–Kier alpha value is -3.81. The number of methoxy groups -OCH3 is 2. The van der Waals surface area contributed by atoms with Crippen LogP contribution in [0.5, 0.6) is 11.5 Å². The van der Waals surface area contributed by atoms with Crippen LogP contribution < -0.4 is 20.1 Å². The monoisotopic (exact) mass is 409 g/mol. The average Bonchev–Trinajstić information content (AvgIpc) is 3.15. The Bertz CT molecular complexity index is 1060. The van der Waals surface area contributed by atoms with Gasteiger partial charge in [0.1, 0.15) is 22.8 Å². The van der Waals surface area contributed by atoms with Crippen LogP contribution in [0.2, 0.25) is 0 Å². The lowest BCUT2D eigenvalue weighted by atomic mass is 10.1. The molecule has 0 aliphatic heterocycles. The molecule has 0 saturated carbocycles. The fourth-order valence-electron chi connectivity index (χ4n) is 3.01. The zero-order chi connectivity index (χ0) is 21.7. The van der Waals surface area contributed by atoms with E-state index in [4.69, 9.17) is 14.0 Å². The van der Waals surface area contributed by atoms with E-state index in [0.717, 1.165) is 0 Å². The predicted octanol–water partition coefficient (Wildman–Crippen LogP) is 4.07. The van der Waals surface area contributed by atoms with Crippen LogP contribution in [0.3, 0.4) is 0 Å². The number of carbonyl (C=O) groups excluding carboxylic acids is 2. The molecule has 0 radical (unpaired) electrons. The molecule has 1 aromatic heterocycles. The molecule has 0 aliphatic carbocycles. The van der Waals surface area contributed by atoms with Crippen LogP contribution in [0, 0.1) is 6.92 Å². The molecule has 2 amide bonds. The molecule has 3 aromatic rings. The topological polar surface area (TPSA) is 103 Å². The minimum atomic E-state index is -0.368. The first-order valence-corrected chi connectivity index (χ1v) is 9.37. The normalized spacial score (nSPS) is 10.4. The molecular weight excluding hydrogens is 386 g/mol. The second-order valence-corrected chi connectivity index (χ2v) is 6.44. The second-order valence-electron chi connectivity index (χ2n) is 6.44. The summed E-state index contributed by atoms with van der Waals surface area (Å²) in [4.78, 5) is 25.3. The van der Waals surface area contributed by atoms with Gasteiger partial charge in [-0.15, -0.1) is 0 Å². The molecule has 0 bridgehead atoms. The van der Waals surface area contributed by atoms with Gasteiger partial charge in [-0.3, -0.25) is 9.59 Å². The lowest BCUT2D eigenvalue weighted by Crippen LogP contribution is -2.16. The summed E-state index contributed by atoms with van der Waals surface area (Å²) >= 11 is 0. The van der Waals surface area contributed by atoms with Gasteiger partial charge in [-0.25, -0.2) is 0 Å². The molecule has 156 valence electrons. The van der Waals surface area contributed by atoms with Crippen LogP contribution in [-0.4, -0.2) is 31.2 Å². The van der Waals surface area contributed by atoms with Crippen LogP contribution in [0.1, 0.15) is 39.1 Å². The van der Waals surface area contributed by atoms with Crippen molar-refractivity contribution in [3.05, 3.63) is 65.0 Å². The second kappa shape index (κ2) is 9.13. The number of carbonyl (C=O) groups is 2. The van der Waals surface area contributed by atoms with Crippen LogP contribution >= 0.6 is 0 Å². The number of hydrogen-bond acceptors (Lipinski definition) is 6. The van der Waals surface area contributed by atoms with Crippen molar-refractivity contribution in [2.24, 2.45) is 0 Å². The highest BCUT2D eigenvalue weighted by molar-refractivity contribution is 6.08. The lowest BCUT2D eigenvalue weighted by molar-refractivity contribution is 0.101. The van der Waals surface area contributed by atoms with E-state index < -0.39 is 0 Å². The summed E-state index contributed by atoms with van der Waals surface area (Å²) in [6.07, 6.45) is 0.561. The first-order valence-electron chi connectivity index (χ1n) is 9.37. The van der Waals surface area contributed by atoms with E-state index >= 15 is 0 Å². The van der Waals surface area contributed by atoms with Crippen LogP contribution in [0.15, 0.2) is 47.0 Å². The van der Waals surface area contributed by atoms with E-state index in [-0.39, 0.29) is 11.8 Å². The number of aromatic nitrogens is 1. The van der Waals surface area contributed by atoms with Crippen LogP contribution in [0.25, 0.3) is 0 Å². The van der Waals surface area contributed by atoms with Crippen LogP contribution in [0.4, 0.5) is 11.4 Å². The minimum Gasteiger partial charge on any atom is -0.494 e. The molecular formula is C22H23N3O5. The molecule has 0 atom stereocenters. The van der Waals surface area contributed by atoms with Crippen molar-refractivity contribution >= 4 is 23.2 Å². The van der Waals surface area contributed by atoms with Crippen molar-refractivity contribution < 1.29 is 23.6 Å². The van der Waals surface area contributed by atoms with E-state index in [0.29, 0.717) is 51.9 Å². The van der Waals surface area contributed by atoms with Gasteiger partial charge in [0.25, 0.3) is 11.8 Å². The highest BCUT2D eigenvalue weighted by atomic mass is 16.5. The van der Waals surface area contributed by atoms with Crippen molar-refractivity contribution in [3.63, 3.8) is 0 Å². The number of anilines is 2. The van der Waals surface area contributed by atoms with Crippen molar-refractivity contribution in [2.75, 3.05) is 24.9 Å². The summed E-state index contributed by atoms with van der Waals surface area (Å²) in [7, 11) is 2.95. The Balaban J connectivity index is 1.90. The minimum absolute atomic E-state index is 0.291. The van der Waals surface area contributed by atoms with Gasteiger partial charge < -0.3 is 24.6 Å². The third-order valence-corrected chi connectivity index (χ3v) is 4.55. The molecule has 3 rings (SSSR count). The van der Waals surface area contributed by atoms with Crippen LogP contribution in [-0.2, 0) is 6.42 Å². The Labute approximate surface area is 174 Å². The SMILES string of the molecule is CCc1noc(C)c1C(=O)Nc1cc(OC)c(NC(=O)c2ccccc2)cc1OC. The fourth-order valence-corrected chi connectivity index (χ4v) is 3.01. The van der Waals surface area contributed by atoms with Gasteiger partial charge in [-0.1, -0.05) is 30.3 Å². The number of rotatable bonds is 7. The van der Waals surface area contributed by atoms with Gasteiger partial charge in [-0.05, 0) is 25.5 Å². The van der Waals surface area contributed by atoms with Crippen molar-refractivity contribution in [1.29, 1.82) is 0 Å². The summed E-state index contributed by atoms with van der Waals surface area (Å²) in [6, 6.07) is 12.0. The van der Waals surface area contributed by atoms with Gasteiger partial charge in [0.15, 0.2) is 0 Å². The van der Waals surface area contributed by atoms with E-state index in [1.165, 1.54) is 14.2 Å². The Morgan fingerprint density at radius 1 is 0.967 bits per heavy atom. The Kier molecular flexibility index (Phi) is 6.36. The summed E-state index contributed by atoms with van der Waals surface area (Å²) in [5.41, 5.74) is 2.27. The maximum absolute atomic E-state index is 12.8. The first-order chi connectivity index (χ1) is 14.5. The summed E-state index contributed by atoms with van der Waals surface area (Å²) < 4.78 is 16.0. The van der Waals surface area contributed by atoms with E-state index in [2.05, 4.69) is 15.8 Å². The molecule has 0 spiro atoms. The molecule has 2 aromatic carbocycles. The maximum atomic E-state index is 12.8. The Morgan fingerprint density at radius 2 is 1.53 bits per heavy atom. The molecule has 0 fully saturated rings. The third kappa shape index (κ3) is 4.27. The predicted molar refractivity (Wildman–Crippen MR) is 113 cm³/mol. The molecule has 0 saturated heterocycles. The molecule has 8 heteroatoms. The van der Waals surface area contributed by atoms with Gasteiger partial charge in [0.05, 0.1) is 31.3 Å². The lowest BCUT2D eigenvalue weighted by Gasteiger charge is -2.16. The number of nitrogens with one attached hydrogen (secondary N) is 2. The number of aryl methyl sites for hydroxylation is 2. The van der Waals surface area contributed by atoms with E-state index in [9.17, 15) is 9.59 Å². The zero-order valence-electron chi connectivity index (χ0n) is 17.2. The molecule has 0 aliphatic rings. The zero-order valence-corrected chi connectivity index (χ0v) is 17.2. The van der Waals surface area contributed by atoms with E-state index in [1.807, 2.05) is 13.0 Å². The molecule has 30 heavy (non-hydrogen) atoms. The number of hydrogen-bond donors (Lipinski definition) is 2.